The molecule has 0 amide bonds. The van der Waals surface area contributed by atoms with Crippen LogP contribution in [-0.4, -0.2) is 47.8 Å². The number of hydrogen-bond acceptors (Lipinski definition) is 8. The fraction of sp³-hybridized carbons (Fsp3) is 0.263. The zero-order valence-electron chi connectivity index (χ0n) is 16.6. The number of carboxylic acid groups (broad SMARTS) is 1. The van der Waals surface area contributed by atoms with Gasteiger partial charge >= 0.3 is 5.97 Å². The van der Waals surface area contributed by atoms with Gasteiger partial charge < -0.3 is 5.11 Å². The summed E-state index contributed by atoms with van der Waals surface area (Å²) in [4.78, 5) is 14.1. The number of hydroxylamine groups is 1. The zero-order chi connectivity index (χ0) is 21.7. The van der Waals surface area contributed by atoms with Crippen LogP contribution in [0.15, 0.2) is 58.3 Å². The summed E-state index contributed by atoms with van der Waals surface area (Å²) in [5.74, 6) is -0.881. The van der Waals surface area contributed by atoms with Gasteiger partial charge in [0.05, 0.1) is 10.6 Å². The summed E-state index contributed by atoms with van der Waals surface area (Å²) in [6.07, 6.45) is 2.01. The average Bonchev–Trinajstić information content (AvgIpc) is 3.23. The van der Waals surface area contributed by atoms with Crippen molar-refractivity contribution in [2.75, 3.05) is 6.26 Å². The molecule has 0 fully saturated rings. The first-order valence-electron chi connectivity index (χ1n) is 9.01. The van der Waals surface area contributed by atoms with Crippen molar-refractivity contribution in [3.8, 4) is 17.1 Å². The molecule has 0 aliphatic carbocycles. The van der Waals surface area contributed by atoms with Crippen molar-refractivity contribution in [1.29, 1.82) is 0 Å². The van der Waals surface area contributed by atoms with Crippen molar-refractivity contribution in [3.63, 3.8) is 0 Å². The number of nitrogens with zero attached hydrogens (tertiary/aromatic N) is 4. The Balaban J connectivity index is 1.67. The average molecular weight is 448 g/mol. The SMILES string of the molecule is CSc1ccc(-n2nnc(-c3ccc(S(=O)ONC(C(=O)O)C(C)C)cc3)n2)cc1. The van der Waals surface area contributed by atoms with E-state index in [1.54, 1.807) is 49.9 Å². The molecule has 2 N–H and O–H groups in total. The van der Waals surface area contributed by atoms with Gasteiger partial charge in [-0.05, 0) is 65.9 Å². The highest BCUT2D eigenvalue weighted by Crippen LogP contribution is 2.19. The molecule has 3 aromatic rings. The highest BCUT2D eigenvalue weighted by Gasteiger charge is 2.22. The monoisotopic (exact) mass is 447 g/mol. The van der Waals surface area contributed by atoms with Gasteiger partial charge in [0.1, 0.15) is 6.04 Å². The van der Waals surface area contributed by atoms with E-state index in [0.717, 1.165) is 10.6 Å². The molecule has 11 heteroatoms. The van der Waals surface area contributed by atoms with Crippen LogP contribution in [0.4, 0.5) is 0 Å². The second kappa shape index (κ2) is 9.94. The smallest absolute Gasteiger partial charge is 0.323 e. The summed E-state index contributed by atoms with van der Waals surface area (Å²) in [5, 5.41) is 21.7. The molecule has 158 valence electrons. The van der Waals surface area contributed by atoms with Crippen molar-refractivity contribution >= 4 is 28.8 Å². The number of aliphatic carboxylic acids is 1. The number of hydrogen-bond donors (Lipinski definition) is 2. The van der Waals surface area contributed by atoms with E-state index in [1.165, 1.54) is 4.80 Å². The van der Waals surface area contributed by atoms with Crippen molar-refractivity contribution < 1.29 is 18.4 Å². The molecule has 30 heavy (non-hydrogen) atoms. The number of carbonyl (C=O) groups is 1. The number of carboxylic acids is 1. The van der Waals surface area contributed by atoms with Gasteiger partial charge in [0, 0.05) is 10.5 Å². The van der Waals surface area contributed by atoms with Crippen LogP contribution in [0, 0.1) is 5.92 Å². The maximum atomic E-state index is 12.3. The second-order valence-corrected chi connectivity index (χ2v) is 8.61. The van der Waals surface area contributed by atoms with Crippen LogP contribution in [0.25, 0.3) is 17.1 Å². The molecule has 0 aliphatic rings. The Labute approximate surface area is 180 Å². The van der Waals surface area contributed by atoms with E-state index in [9.17, 15) is 9.00 Å². The van der Waals surface area contributed by atoms with Crippen LogP contribution >= 0.6 is 11.8 Å². The Morgan fingerprint density at radius 2 is 1.83 bits per heavy atom. The fourth-order valence-corrected chi connectivity index (χ4v) is 3.54. The van der Waals surface area contributed by atoms with Crippen molar-refractivity contribution in [2.24, 2.45) is 5.92 Å². The third-order valence-electron chi connectivity index (χ3n) is 4.21. The van der Waals surface area contributed by atoms with Crippen molar-refractivity contribution in [2.45, 2.75) is 29.7 Å². The van der Waals surface area contributed by atoms with Gasteiger partial charge in [-0.15, -0.1) is 26.8 Å². The minimum atomic E-state index is -1.87. The molecule has 1 aromatic heterocycles. The molecule has 0 radical (unpaired) electrons. The Morgan fingerprint density at radius 1 is 1.17 bits per heavy atom. The summed E-state index contributed by atoms with van der Waals surface area (Å²) in [7, 11) is 0. The first-order valence-corrected chi connectivity index (χ1v) is 11.3. The fourth-order valence-electron chi connectivity index (χ4n) is 2.49. The first-order chi connectivity index (χ1) is 14.4. The maximum absolute atomic E-state index is 12.3. The molecule has 9 nitrogen and oxygen atoms in total. The highest BCUT2D eigenvalue weighted by atomic mass is 32.2. The van der Waals surface area contributed by atoms with Gasteiger partial charge in [0.25, 0.3) is 0 Å². The molecule has 0 bridgehead atoms. The molecular formula is C19H21N5O4S2. The number of nitrogens with one attached hydrogen (secondary N) is 1. The van der Waals surface area contributed by atoms with Gasteiger partial charge in [-0.1, -0.05) is 13.8 Å². The lowest BCUT2D eigenvalue weighted by Crippen LogP contribution is -2.41. The summed E-state index contributed by atoms with van der Waals surface area (Å²) in [5.41, 5.74) is 3.84. The Kier molecular flexibility index (Phi) is 7.32. The Hall–Kier alpha value is -2.60. The van der Waals surface area contributed by atoms with Gasteiger partial charge in [-0.2, -0.15) is 9.76 Å². The van der Waals surface area contributed by atoms with Crippen molar-refractivity contribution in [1.82, 2.24) is 25.7 Å². The second-order valence-electron chi connectivity index (χ2n) is 6.62. The molecule has 2 aromatic carbocycles. The molecule has 0 saturated heterocycles. The van der Waals surface area contributed by atoms with Crippen LogP contribution in [-0.2, 0) is 20.2 Å². The number of thioether (sulfide) groups is 1. The van der Waals surface area contributed by atoms with Crippen LogP contribution in [0.1, 0.15) is 13.8 Å². The van der Waals surface area contributed by atoms with E-state index in [-0.39, 0.29) is 5.92 Å². The molecule has 2 unspecified atom stereocenters. The van der Waals surface area contributed by atoms with Gasteiger partial charge in [-0.25, -0.2) is 4.21 Å². The van der Waals surface area contributed by atoms with Gasteiger partial charge in [0.2, 0.25) is 16.9 Å². The largest absolute Gasteiger partial charge is 0.480 e. The Bertz CT molecular complexity index is 1020. The zero-order valence-corrected chi connectivity index (χ0v) is 18.2. The van der Waals surface area contributed by atoms with E-state index in [0.29, 0.717) is 16.3 Å². The summed E-state index contributed by atoms with van der Waals surface area (Å²) >= 11 is -0.216. The summed E-state index contributed by atoms with van der Waals surface area (Å²) < 4.78 is 17.3. The van der Waals surface area contributed by atoms with E-state index in [2.05, 4.69) is 20.9 Å². The minimum absolute atomic E-state index is 0.229. The quantitative estimate of drug-likeness (QED) is 0.377. The molecule has 0 saturated carbocycles. The van der Waals surface area contributed by atoms with Crippen molar-refractivity contribution in [3.05, 3.63) is 48.5 Å². The first kappa shape index (κ1) is 22.1. The third kappa shape index (κ3) is 5.30. The van der Waals surface area contributed by atoms with Gasteiger partial charge in [0.15, 0.2) is 0 Å². The lowest BCUT2D eigenvalue weighted by Gasteiger charge is -2.16. The van der Waals surface area contributed by atoms with Crippen LogP contribution in [0.2, 0.25) is 0 Å². The third-order valence-corrected chi connectivity index (χ3v) is 5.85. The van der Waals surface area contributed by atoms with Gasteiger partial charge in [-0.3, -0.25) is 4.79 Å². The molecular weight excluding hydrogens is 426 g/mol. The Morgan fingerprint density at radius 3 is 2.40 bits per heavy atom. The number of aromatic nitrogens is 4. The molecule has 0 spiro atoms. The summed E-state index contributed by atoms with van der Waals surface area (Å²) in [6, 6.07) is 13.4. The number of benzene rings is 2. The summed E-state index contributed by atoms with van der Waals surface area (Å²) in [6.45, 7) is 3.45. The topological polar surface area (TPSA) is 119 Å². The van der Waals surface area contributed by atoms with E-state index in [4.69, 9.17) is 9.39 Å². The lowest BCUT2D eigenvalue weighted by molar-refractivity contribution is -0.143. The lowest BCUT2D eigenvalue weighted by atomic mass is 10.1. The maximum Gasteiger partial charge on any atom is 0.323 e. The number of rotatable bonds is 9. The molecule has 3 rings (SSSR count). The van der Waals surface area contributed by atoms with Crippen LogP contribution in [0.5, 0.6) is 0 Å². The minimum Gasteiger partial charge on any atom is -0.480 e. The van der Waals surface area contributed by atoms with E-state index < -0.39 is 23.1 Å². The molecule has 1 heterocycles. The normalized spacial score (nSPS) is 13.3. The van der Waals surface area contributed by atoms with Crippen LogP contribution in [0.3, 0.4) is 0 Å². The number of tetrazole rings is 1. The standard InChI is InChI=1S/C19H21N5O4S2/c1-12(2)17(19(25)26)22-28-30(27)16-10-4-13(5-11-16)18-20-23-24(21-18)14-6-8-15(29-3)9-7-14/h4-12,17,22H,1-3H3,(H,25,26). The predicted molar refractivity (Wildman–Crippen MR) is 113 cm³/mol. The molecule has 0 aliphatic heterocycles. The van der Waals surface area contributed by atoms with Crippen LogP contribution < -0.4 is 5.48 Å². The predicted octanol–water partition coefficient (Wildman–Crippen LogP) is 2.70. The highest BCUT2D eigenvalue weighted by molar-refractivity contribution is 7.98. The van der Waals surface area contributed by atoms with E-state index >= 15 is 0 Å². The van der Waals surface area contributed by atoms with E-state index in [1.807, 2.05) is 30.5 Å². The molecule has 2 atom stereocenters.